The molecule has 22 heavy (non-hydrogen) atoms. The quantitative estimate of drug-likeness (QED) is 0.627. The van der Waals surface area contributed by atoms with Gasteiger partial charge in [-0.25, -0.2) is 0 Å². The Labute approximate surface area is 125 Å². The zero-order valence-electron chi connectivity index (χ0n) is 12.5. The summed E-state index contributed by atoms with van der Waals surface area (Å²) in [4.78, 5) is 11.7. The molecule has 124 valence electrons. The second-order valence-electron chi connectivity index (χ2n) is 5.38. The number of alkyl halides is 3. The maximum atomic E-state index is 13.9. The molecular weight excluding hydrogens is 308 g/mol. The van der Waals surface area contributed by atoms with E-state index in [1.54, 1.807) is 20.8 Å². The van der Waals surface area contributed by atoms with E-state index >= 15 is 0 Å². The number of hydrogen-bond acceptors (Lipinski definition) is 4. The predicted octanol–water partition coefficient (Wildman–Crippen LogP) is 3.62. The van der Waals surface area contributed by atoms with Gasteiger partial charge in [0.1, 0.15) is 5.60 Å². The Bertz CT molecular complexity index is 547. The van der Waals surface area contributed by atoms with Crippen molar-refractivity contribution in [2.75, 3.05) is 7.11 Å². The van der Waals surface area contributed by atoms with Crippen LogP contribution in [0.4, 0.5) is 17.6 Å². The number of esters is 1. The SMILES string of the molecule is COc1c(CC(=O)OC(C)(C)C)ccc(OC(F)(F)F)c1F. The van der Waals surface area contributed by atoms with E-state index in [0.717, 1.165) is 19.2 Å². The number of methoxy groups -OCH3 is 1. The van der Waals surface area contributed by atoms with Crippen molar-refractivity contribution in [3.63, 3.8) is 0 Å². The van der Waals surface area contributed by atoms with Gasteiger partial charge in [0.15, 0.2) is 11.5 Å². The molecule has 0 unspecified atom stereocenters. The molecule has 0 aliphatic carbocycles. The molecule has 0 bridgehead atoms. The Balaban J connectivity index is 3.03. The molecule has 1 aromatic carbocycles. The number of hydrogen-bond donors (Lipinski definition) is 0. The third-order valence-corrected chi connectivity index (χ3v) is 2.33. The van der Waals surface area contributed by atoms with E-state index in [-0.39, 0.29) is 12.0 Å². The average molecular weight is 324 g/mol. The van der Waals surface area contributed by atoms with Crippen molar-refractivity contribution in [1.82, 2.24) is 0 Å². The van der Waals surface area contributed by atoms with Gasteiger partial charge in [-0.05, 0) is 26.8 Å². The number of carbonyl (C=O) groups is 1. The van der Waals surface area contributed by atoms with Crippen LogP contribution in [-0.4, -0.2) is 25.0 Å². The van der Waals surface area contributed by atoms with Crippen LogP contribution in [0.15, 0.2) is 12.1 Å². The van der Waals surface area contributed by atoms with Crippen LogP contribution in [0.2, 0.25) is 0 Å². The molecule has 1 rings (SSSR count). The van der Waals surface area contributed by atoms with Crippen molar-refractivity contribution in [3.8, 4) is 11.5 Å². The second kappa shape index (κ2) is 6.41. The summed E-state index contributed by atoms with van der Waals surface area (Å²) in [7, 11) is 1.08. The zero-order chi connectivity index (χ0) is 17.1. The number of rotatable bonds is 4. The van der Waals surface area contributed by atoms with Gasteiger partial charge in [0, 0.05) is 5.56 Å². The van der Waals surface area contributed by atoms with E-state index in [2.05, 4.69) is 4.74 Å². The highest BCUT2D eigenvalue weighted by atomic mass is 19.4. The smallest absolute Gasteiger partial charge is 0.493 e. The average Bonchev–Trinajstić information content (AvgIpc) is 2.29. The van der Waals surface area contributed by atoms with Crippen LogP contribution in [0.5, 0.6) is 11.5 Å². The van der Waals surface area contributed by atoms with E-state index in [1.807, 2.05) is 0 Å². The van der Waals surface area contributed by atoms with Gasteiger partial charge in [-0.1, -0.05) is 6.07 Å². The van der Waals surface area contributed by atoms with Gasteiger partial charge >= 0.3 is 12.3 Å². The number of ether oxygens (including phenoxy) is 3. The van der Waals surface area contributed by atoms with Crippen LogP contribution >= 0.6 is 0 Å². The fourth-order valence-electron chi connectivity index (χ4n) is 1.67. The molecule has 0 spiro atoms. The lowest BCUT2D eigenvalue weighted by Gasteiger charge is -2.20. The summed E-state index contributed by atoms with van der Waals surface area (Å²) in [6.45, 7) is 4.97. The van der Waals surface area contributed by atoms with Crippen LogP contribution in [0.25, 0.3) is 0 Å². The summed E-state index contributed by atoms with van der Waals surface area (Å²) in [5.41, 5.74) is -0.675. The fourth-order valence-corrected chi connectivity index (χ4v) is 1.67. The maximum Gasteiger partial charge on any atom is 0.573 e. The Morgan fingerprint density at radius 3 is 2.23 bits per heavy atom. The van der Waals surface area contributed by atoms with E-state index in [0.29, 0.717) is 0 Å². The summed E-state index contributed by atoms with van der Waals surface area (Å²) in [6.07, 6.45) is -5.37. The highest BCUT2D eigenvalue weighted by Gasteiger charge is 2.33. The molecule has 0 saturated heterocycles. The highest BCUT2D eigenvalue weighted by molar-refractivity contribution is 5.74. The Morgan fingerprint density at radius 2 is 1.77 bits per heavy atom. The molecule has 0 saturated carbocycles. The van der Waals surface area contributed by atoms with Gasteiger partial charge in [0.05, 0.1) is 13.5 Å². The van der Waals surface area contributed by atoms with Crippen LogP contribution in [-0.2, 0) is 16.0 Å². The molecule has 0 fully saturated rings. The standard InChI is InChI=1S/C14H16F4O4/c1-13(2,3)22-10(19)7-8-5-6-9(21-14(16,17)18)11(15)12(8)20-4/h5-6H,7H2,1-4H3. The molecule has 0 N–H and O–H groups in total. The van der Waals surface area contributed by atoms with Crippen molar-refractivity contribution >= 4 is 5.97 Å². The van der Waals surface area contributed by atoms with Gasteiger partial charge < -0.3 is 14.2 Å². The topological polar surface area (TPSA) is 44.8 Å². The molecule has 0 amide bonds. The Morgan fingerprint density at radius 1 is 1.18 bits per heavy atom. The van der Waals surface area contributed by atoms with Crippen molar-refractivity contribution in [2.45, 2.75) is 39.2 Å². The predicted molar refractivity (Wildman–Crippen MR) is 69.2 cm³/mol. The van der Waals surface area contributed by atoms with Crippen molar-refractivity contribution in [2.24, 2.45) is 0 Å². The van der Waals surface area contributed by atoms with E-state index in [4.69, 9.17) is 9.47 Å². The monoisotopic (exact) mass is 324 g/mol. The molecule has 4 nitrogen and oxygen atoms in total. The van der Waals surface area contributed by atoms with Crippen LogP contribution < -0.4 is 9.47 Å². The summed E-state index contributed by atoms with van der Waals surface area (Å²) >= 11 is 0. The summed E-state index contributed by atoms with van der Waals surface area (Å²) in [5, 5.41) is 0. The van der Waals surface area contributed by atoms with Gasteiger partial charge in [0.2, 0.25) is 5.82 Å². The number of benzene rings is 1. The van der Waals surface area contributed by atoms with Gasteiger partial charge in [-0.3, -0.25) is 4.79 Å². The molecule has 8 heteroatoms. The molecule has 0 heterocycles. The Kier molecular flexibility index (Phi) is 5.26. The lowest BCUT2D eigenvalue weighted by molar-refractivity contribution is -0.275. The van der Waals surface area contributed by atoms with Gasteiger partial charge in [0.25, 0.3) is 0 Å². The highest BCUT2D eigenvalue weighted by Crippen LogP contribution is 2.34. The second-order valence-corrected chi connectivity index (χ2v) is 5.38. The number of carbonyl (C=O) groups excluding carboxylic acids is 1. The summed E-state index contributed by atoms with van der Waals surface area (Å²) < 4.78 is 63.7. The summed E-state index contributed by atoms with van der Waals surface area (Å²) in [6, 6.07) is 1.90. The summed E-state index contributed by atoms with van der Waals surface area (Å²) in [5.74, 6) is -3.51. The third-order valence-electron chi connectivity index (χ3n) is 2.33. The minimum absolute atomic E-state index is 0.0591. The van der Waals surface area contributed by atoms with Crippen molar-refractivity contribution in [3.05, 3.63) is 23.5 Å². The van der Waals surface area contributed by atoms with Crippen LogP contribution in [0.3, 0.4) is 0 Å². The largest absolute Gasteiger partial charge is 0.573 e. The molecule has 0 aliphatic rings. The van der Waals surface area contributed by atoms with Crippen molar-refractivity contribution < 1.29 is 36.6 Å². The van der Waals surface area contributed by atoms with Gasteiger partial charge in [-0.15, -0.1) is 13.2 Å². The van der Waals surface area contributed by atoms with Crippen molar-refractivity contribution in [1.29, 1.82) is 0 Å². The molecule has 0 aromatic heterocycles. The number of halogens is 4. The van der Waals surface area contributed by atoms with E-state index in [1.165, 1.54) is 0 Å². The molecular formula is C14H16F4O4. The van der Waals surface area contributed by atoms with Crippen LogP contribution in [0.1, 0.15) is 26.3 Å². The Hall–Kier alpha value is -1.99. The molecule has 1 aromatic rings. The third kappa shape index (κ3) is 5.42. The first-order valence-electron chi connectivity index (χ1n) is 6.26. The van der Waals surface area contributed by atoms with Gasteiger partial charge in [-0.2, -0.15) is 4.39 Å². The molecule has 0 atom stereocenters. The molecule has 0 radical (unpaired) electrons. The first kappa shape index (κ1) is 18.1. The zero-order valence-corrected chi connectivity index (χ0v) is 12.5. The lowest BCUT2D eigenvalue weighted by Crippen LogP contribution is -2.25. The molecule has 0 aliphatic heterocycles. The minimum Gasteiger partial charge on any atom is -0.493 e. The fraction of sp³-hybridized carbons (Fsp3) is 0.500. The first-order valence-corrected chi connectivity index (χ1v) is 6.26. The minimum atomic E-state index is -5.03. The normalized spacial score (nSPS) is 12.0. The maximum absolute atomic E-state index is 13.9. The first-order chi connectivity index (χ1) is 9.93. The van der Waals surface area contributed by atoms with Crippen LogP contribution in [0, 0.1) is 5.82 Å². The lowest BCUT2D eigenvalue weighted by atomic mass is 10.1. The van der Waals surface area contributed by atoms with E-state index < -0.39 is 35.2 Å². The van der Waals surface area contributed by atoms with E-state index in [9.17, 15) is 22.4 Å².